The number of piperazine rings is 1. The van der Waals surface area contributed by atoms with Gasteiger partial charge in [0.05, 0.1) is 10.3 Å². The van der Waals surface area contributed by atoms with Crippen molar-refractivity contribution in [1.29, 1.82) is 0 Å². The van der Waals surface area contributed by atoms with Crippen molar-refractivity contribution >= 4 is 37.6 Å². The Morgan fingerprint density at radius 3 is 2.69 bits per heavy atom. The maximum Gasteiger partial charge on any atom is 0.243 e. The van der Waals surface area contributed by atoms with Crippen molar-refractivity contribution in [3.63, 3.8) is 0 Å². The molecular weight excluding hydrogens is 462 g/mol. The molecule has 0 spiro atoms. The van der Waals surface area contributed by atoms with Gasteiger partial charge in [-0.2, -0.15) is 4.31 Å². The van der Waals surface area contributed by atoms with Gasteiger partial charge in [0.15, 0.2) is 11.4 Å². The molecule has 4 aromatic rings. The van der Waals surface area contributed by atoms with Gasteiger partial charge < -0.3 is 9.42 Å². The Bertz CT molecular complexity index is 1440. The molecular formula is C26H29N5O3S. The quantitative estimate of drug-likeness (QED) is 0.406. The van der Waals surface area contributed by atoms with E-state index >= 15 is 0 Å². The molecule has 1 atom stereocenters. The Kier molecular flexibility index (Phi) is 5.91. The summed E-state index contributed by atoms with van der Waals surface area (Å²) in [5.74, 6) is 0.915. The lowest BCUT2D eigenvalue weighted by atomic mass is 10.1. The van der Waals surface area contributed by atoms with Gasteiger partial charge in [0.25, 0.3) is 0 Å². The fourth-order valence-corrected chi connectivity index (χ4v) is 7.41. The number of nitrogens with zero attached hydrogens (tertiary/aromatic N) is 5. The van der Waals surface area contributed by atoms with Gasteiger partial charge in [0, 0.05) is 61.9 Å². The Labute approximate surface area is 205 Å². The summed E-state index contributed by atoms with van der Waals surface area (Å²) in [6, 6.07) is 15.2. The van der Waals surface area contributed by atoms with Crippen molar-refractivity contribution in [1.82, 2.24) is 19.3 Å². The number of hydrogen-bond donors (Lipinski definition) is 0. The van der Waals surface area contributed by atoms with Crippen LogP contribution < -0.4 is 4.90 Å². The number of anilines is 1. The van der Waals surface area contributed by atoms with Crippen LogP contribution in [0.2, 0.25) is 0 Å². The van der Waals surface area contributed by atoms with Crippen LogP contribution in [0.15, 0.2) is 70.3 Å². The van der Waals surface area contributed by atoms with Crippen LogP contribution in [0.25, 0.3) is 21.7 Å². The third kappa shape index (κ3) is 4.17. The first-order valence-electron chi connectivity index (χ1n) is 12.3. The molecule has 0 radical (unpaired) electrons. The first-order valence-corrected chi connectivity index (χ1v) is 13.7. The van der Waals surface area contributed by atoms with Crippen LogP contribution in [-0.4, -0.2) is 73.1 Å². The minimum Gasteiger partial charge on any atom is -0.354 e. The topological polar surface area (TPSA) is 82.8 Å². The molecule has 2 aromatic carbocycles. The van der Waals surface area contributed by atoms with Crippen molar-refractivity contribution in [2.75, 3.05) is 44.2 Å². The van der Waals surface area contributed by atoms with Crippen LogP contribution >= 0.6 is 0 Å². The summed E-state index contributed by atoms with van der Waals surface area (Å²) in [6.45, 7) is 5.10. The molecule has 2 aliphatic rings. The highest BCUT2D eigenvalue weighted by Crippen LogP contribution is 2.32. The van der Waals surface area contributed by atoms with Gasteiger partial charge >= 0.3 is 0 Å². The summed E-state index contributed by atoms with van der Waals surface area (Å²) in [7, 11) is -3.57. The molecule has 2 aromatic heterocycles. The number of sulfonamides is 1. The third-order valence-corrected chi connectivity index (χ3v) is 9.37. The number of rotatable bonds is 6. The molecule has 182 valence electrons. The van der Waals surface area contributed by atoms with Crippen LogP contribution in [0.5, 0.6) is 0 Å². The predicted molar refractivity (Wildman–Crippen MR) is 136 cm³/mol. The molecule has 4 heterocycles. The molecule has 0 N–H and O–H groups in total. The lowest BCUT2D eigenvalue weighted by Gasteiger charge is -2.35. The Morgan fingerprint density at radius 1 is 0.943 bits per heavy atom. The zero-order valence-electron chi connectivity index (χ0n) is 19.6. The lowest BCUT2D eigenvalue weighted by Crippen LogP contribution is -2.48. The van der Waals surface area contributed by atoms with Gasteiger partial charge in [-0.05, 0) is 50.1 Å². The van der Waals surface area contributed by atoms with Crippen LogP contribution in [0.4, 0.5) is 5.82 Å². The van der Waals surface area contributed by atoms with Crippen molar-refractivity contribution in [2.24, 2.45) is 0 Å². The molecule has 8 nitrogen and oxygen atoms in total. The largest absolute Gasteiger partial charge is 0.354 e. The summed E-state index contributed by atoms with van der Waals surface area (Å²) < 4.78 is 34.5. The summed E-state index contributed by atoms with van der Waals surface area (Å²) in [6.07, 6.45) is 6.04. The Morgan fingerprint density at radius 2 is 1.80 bits per heavy atom. The molecule has 35 heavy (non-hydrogen) atoms. The van der Waals surface area contributed by atoms with E-state index in [0.29, 0.717) is 11.4 Å². The van der Waals surface area contributed by atoms with E-state index < -0.39 is 10.0 Å². The van der Waals surface area contributed by atoms with Crippen LogP contribution in [-0.2, 0) is 10.0 Å². The van der Waals surface area contributed by atoms with Gasteiger partial charge in [0.2, 0.25) is 10.0 Å². The van der Waals surface area contributed by atoms with Gasteiger partial charge in [-0.3, -0.25) is 9.88 Å². The van der Waals surface area contributed by atoms with Gasteiger partial charge in [-0.15, -0.1) is 0 Å². The van der Waals surface area contributed by atoms with E-state index in [2.05, 4.69) is 26.0 Å². The van der Waals surface area contributed by atoms with Crippen molar-refractivity contribution < 1.29 is 12.9 Å². The van der Waals surface area contributed by atoms with Crippen LogP contribution in [0.3, 0.4) is 0 Å². The second-order valence-corrected chi connectivity index (χ2v) is 11.2. The number of aromatic nitrogens is 2. The number of fused-ring (bicyclic) bond motifs is 2. The molecule has 9 heteroatoms. The normalized spacial score (nSPS) is 20.2. The van der Waals surface area contributed by atoms with Crippen molar-refractivity contribution in [3.05, 3.63) is 60.9 Å². The Hall–Kier alpha value is -3.01. The SMILES string of the molecule is O=S(=O)(c1cccc2cnccc12)N1CCC[C@H]1CCN1CCN(c2noc3ccccc23)CC1. The average Bonchev–Trinajstić information content (AvgIpc) is 3.55. The molecule has 2 saturated heterocycles. The maximum absolute atomic E-state index is 13.7. The average molecular weight is 492 g/mol. The molecule has 2 fully saturated rings. The number of benzene rings is 2. The molecule has 2 aliphatic heterocycles. The van der Waals surface area contributed by atoms with E-state index in [0.717, 1.165) is 79.5 Å². The van der Waals surface area contributed by atoms with Crippen LogP contribution in [0.1, 0.15) is 19.3 Å². The third-order valence-electron chi connectivity index (χ3n) is 7.36. The molecule has 0 amide bonds. The molecule has 0 aliphatic carbocycles. The zero-order valence-corrected chi connectivity index (χ0v) is 20.4. The van der Waals surface area contributed by atoms with E-state index in [-0.39, 0.29) is 6.04 Å². The van der Waals surface area contributed by atoms with Gasteiger partial charge in [-0.1, -0.05) is 29.4 Å². The smallest absolute Gasteiger partial charge is 0.243 e. The summed E-state index contributed by atoms with van der Waals surface area (Å²) in [5, 5.41) is 6.94. The summed E-state index contributed by atoms with van der Waals surface area (Å²) in [5.41, 5.74) is 0.815. The minimum atomic E-state index is -3.57. The maximum atomic E-state index is 13.7. The highest BCUT2D eigenvalue weighted by molar-refractivity contribution is 7.89. The second-order valence-electron chi connectivity index (χ2n) is 9.38. The predicted octanol–water partition coefficient (Wildman–Crippen LogP) is 3.74. The first-order chi connectivity index (χ1) is 17.1. The highest BCUT2D eigenvalue weighted by atomic mass is 32.2. The second kappa shape index (κ2) is 9.22. The van der Waals surface area contributed by atoms with E-state index in [1.165, 1.54) is 0 Å². The standard InChI is InChI=1S/C26H29N5O3S/c32-35(33,25-9-3-5-20-19-27-12-10-22(20)25)31-13-4-6-21(31)11-14-29-15-17-30(18-16-29)26-23-7-1-2-8-24(23)34-28-26/h1-3,5,7-10,12,19,21H,4,6,11,13-18H2/t21-/m0/s1. The molecule has 0 unspecified atom stereocenters. The molecule has 6 rings (SSSR count). The molecule has 0 saturated carbocycles. The number of para-hydroxylation sites is 1. The monoisotopic (exact) mass is 491 g/mol. The van der Waals surface area contributed by atoms with Gasteiger partial charge in [-0.25, -0.2) is 8.42 Å². The van der Waals surface area contributed by atoms with E-state index in [1.54, 1.807) is 34.9 Å². The van der Waals surface area contributed by atoms with Gasteiger partial charge in [0.1, 0.15) is 0 Å². The van der Waals surface area contributed by atoms with E-state index in [1.807, 2.05) is 24.3 Å². The number of pyridine rings is 1. The fraction of sp³-hybridized carbons (Fsp3) is 0.385. The lowest BCUT2D eigenvalue weighted by molar-refractivity contribution is 0.231. The van der Waals surface area contributed by atoms with E-state index in [9.17, 15) is 8.42 Å². The highest BCUT2D eigenvalue weighted by Gasteiger charge is 2.36. The van der Waals surface area contributed by atoms with Crippen molar-refractivity contribution in [3.8, 4) is 0 Å². The zero-order chi connectivity index (χ0) is 23.8. The Balaban J connectivity index is 1.11. The summed E-state index contributed by atoms with van der Waals surface area (Å²) >= 11 is 0. The summed E-state index contributed by atoms with van der Waals surface area (Å²) in [4.78, 5) is 9.24. The molecule has 0 bridgehead atoms. The van der Waals surface area contributed by atoms with E-state index in [4.69, 9.17) is 4.52 Å². The number of hydrogen-bond acceptors (Lipinski definition) is 7. The fourth-order valence-electron chi connectivity index (χ4n) is 5.47. The van der Waals surface area contributed by atoms with Crippen LogP contribution in [0, 0.1) is 0 Å². The van der Waals surface area contributed by atoms with Crippen molar-refractivity contribution in [2.45, 2.75) is 30.2 Å². The minimum absolute atomic E-state index is 0.0367. The first kappa shape index (κ1) is 22.5.